The number of halogens is 1. The van der Waals surface area contributed by atoms with Crippen molar-refractivity contribution in [2.24, 2.45) is 0 Å². The molecule has 0 saturated carbocycles. The van der Waals surface area contributed by atoms with Crippen molar-refractivity contribution in [1.29, 1.82) is 0 Å². The van der Waals surface area contributed by atoms with Crippen LogP contribution >= 0.6 is 23.4 Å². The molecule has 0 fully saturated rings. The van der Waals surface area contributed by atoms with E-state index in [-0.39, 0.29) is 9.92 Å². The Morgan fingerprint density at radius 3 is 2.35 bits per heavy atom. The number of nitrogens with one attached hydrogen (secondary N) is 1. The first-order chi connectivity index (χ1) is 12.5. The largest absolute Gasteiger partial charge is 0.495 e. The molecule has 3 aromatic rings. The van der Waals surface area contributed by atoms with Gasteiger partial charge in [-0.05, 0) is 42.5 Å². The molecule has 3 aromatic carbocycles. The minimum absolute atomic E-state index is 0.0721. The minimum atomic E-state index is -3.78. The summed E-state index contributed by atoms with van der Waals surface area (Å²) >= 11 is 7.54. The first kappa shape index (κ1) is 18.6. The van der Waals surface area contributed by atoms with E-state index in [1.54, 1.807) is 12.1 Å². The minimum Gasteiger partial charge on any atom is -0.495 e. The zero-order valence-electron chi connectivity index (χ0n) is 13.8. The third-order valence-electron chi connectivity index (χ3n) is 3.54. The van der Waals surface area contributed by atoms with Gasteiger partial charge in [0.15, 0.2) is 0 Å². The Morgan fingerprint density at radius 1 is 0.962 bits per heavy atom. The third-order valence-corrected chi connectivity index (χ3v) is 6.28. The third kappa shape index (κ3) is 4.33. The summed E-state index contributed by atoms with van der Waals surface area (Å²) in [6.45, 7) is 0. The molecule has 7 heteroatoms. The van der Waals surface area contributed by atoms with E-state index in [9.17, 15) is 8.42 Å². The molecular formula is C19H16ClNO3S2. The SMILES string of the molecule is COc1ccc(S(=O)(=O)Nc2ccccc2Sc2ccccc2)cc1Cl. The monoisotopic (exact) mass is 405 g/mol. The van der Waals surface area contributed by atoms with E-state index in [2.05, 4.69) is 4.72 Å². The van der Waals surface area contributed by atoms with Gasteiger partial charge in [-0.1, -0.05) is 53.7 Å². The Balaban J connectivity index is 1.89. The molecule has 134 valence electrons. The number of rotatable bonds is 6. The zero-order chi connectivity index (χ0) is 18.6. The Kier molecular flexibility index (Phi) is 5.76. The number of anilines is 1. The van der Waals surface area contributed by atoms with Crippen LogP contribution in [0.25, 0.3) is 0 Å². The second-order valence-electron chi connectivity index (χ2n) is 5.31. The van der Waals surface area contributed by atoms with E-state index < -0.39 is 10.0 Å². The summed E-state index contributed by atoms with van der Waals surface area (Å²) in [5.74, 6) is 0.422. The maximum Gasteiger partial charge on any atom is 0.261 e. The van der Waals surface area contributed by atoms with Crippen molar-refractivity contribution >= 4 is 39.1 Å². The summed E-state index contributed by atoms with van der Waals surface area (Å²) in [6.07, 6.45) is 0. The number of para-hydroxylation sites is 1. The average Bonchev–Trinajstić information content (AvgIpc) is 2.64. The standard InChI is InChI=1S/C19H16ClNO3S2/c1-24-18-12-11-15(13-16(18)20)26(22,23)21-17-9-5-6-10-19(17)25-14-7-3-2-4-8-14/h2-13,21H,1H3. The summed E-state index contributed by atoms with van der Waals surface area (Å²) in [5.41, 5.74) is 0.508. The number of hydrogen-bond acceptors (Lipinski definition) is 4. The van der Waals surface area contributed by atoms with Crippen molar-refractivity contribution in [1.82, 2.24) is 0 Å². The Morgan fingerprint density at radius 2 is 1.65 bits per heavy atom. The maximum atomic E-state index is 12.7. The van der Waals surface area contributed by atoms with Crippen molar-refractivity contribution in [3.63, 3.8) is 0 Å². The van der Waals surface area contributed by atoms with Crippen LogP contribution in [-0.2, 0) is 10.0 Å². The molecule has 0 aliphatic heterocycles. The summed E-state index contributed by atoms with van der Waals surface area (Å²) in [6, 6.07) is 21.4. The van der Waals surface area contributed by atoms with E-state index in [4.69, 9.17) is 16.3 Å². The van der Waals surface area contributed by atoms with Gasteiger partial charge in [0.1, 0.15) is 5.75 Å². The lowest BCUT2D eigenvalue weighted by atomic mass is 10.3. The number of benzene rings is 3. The van der Waals surface area contributed by atoms with Gasteiger partial charge in [-0.2, -0.15) is 0 Å². The lowest BCUT2D eigenvalue weighted by molar-refractivity contribution is 0.414. The molecule has 0 atom stereocenters. The normalized spacial score (nSPS) is 11.2. The van der Waals surface area contributed by atoms with Gasteiger partial charge in [0.2, 0.25) is 0 Å². The van der Waals surface area contributed by atoms with E-state index in [0.29, 0.717) is 11.4 Å². The number of ether oxygens (including phenoxy) is 1. The average molecular weight is 406 g/mol. The van der Waals surface area contributed by atoms with Crippen LogP contribution in [0.4, 0.5) is 5.69 Å². The highest BCUT2D eigenvalue weighted by Gasteiger charge is 2.18. The fourth-order valence-corrected chi connectivity index (χ4v) is 4.69. The van der Waals surface area contributed by atoms with Gasteiger partial charge >= 0.3 is 0 Å². The molecule has 26 heavy (non-hydrogen) atoms. The van der Waals surface area contributed by atoms with Gasteiger partial charge in [-0.25, -0.2) is 8.42 Å². The maximum absolute atomic E-state index is 12.7. The molecule has 0 unspecified atom stereocenters. The van der Waals surface area contributed by atoms with Crippen LogP contribution in [0.5, 0.6) is 5.75 Å². The Labute approximate surface area is 162 Å². The molecule has 0 aliphatic rings. The fourth-order valence-electron chi connectivity index (χ4n) is 2.27. The summed E-state index contributed by atoms with van der Waals surface area (Å²) in [4.78, 5) is 1.90. The Bertz CT molecular complexity index is 1010. The van der Waals surface area contributed by atoms with E-state index in [1.165, 1.54) is 37.1 Å². The highest BCUT2D eigenvalue weighted by atomic mass is 35.5. The van der Waals surface area contributed by atoms with Gasteiger partial charge < -0.3 is 4.74 Å². The second-order valence-corrected chi connectivity index (χ2v) is 8.52. The van der Waals surface area contributed by atoms with Gasteiger partial charge in [0.05, 0.1) is 22.7 Å². The number of hydrogen-bond donors (Lipinski definition) is 1. The highest BCUT2D eigenvalue weighted by Crippen LogP contribution is 2.35. The summed E-state index contributed by atoms with van der Waals surface area (Å²) in [5, 5.41) is 0.238. The van der Waals surface area contributed by atoms with Crippen molar-refractivity contribution in [2.75, 3.05) is 11.8 Å². The van der Waals surface area contributed by atoms with Crippen molar-refractivity contribution < 1.29 is 13.2 Å². The fraction of sp³-hybridized carbons (Fsp3) is 0.0526. The molecule has 0 saturated heterocycles. The first-order valence-corrected chi connectivity index (χ1v) is 10.4. The zero-order valence-corrected chi connectivity index (χ0v) is 16.2. The van der Waals surface area contributed by atoms with Gasteiger partial charge in [-0.15, -0.1) is 0 Å². The van der Waals surface area contributed by atoms with Crippen LogP contribution in [-0.4, -0.2) is 15.5 Å². The van der Waals surface area contributed by atoms with Crippen LogP contribution in [0.3, 0.4) is 0 Å². The van der Waals surface area contributed by atoms with Crippen molar-refractivity contribution in [3.05, 3.63) is 77.8 Å². The van der Waals surface area contributed by atoms with Crippen molar-refractivity contribution in [3.8, 4) is 5.75 Å². The van der Waals surface area contributed by atoms with E-state index in [0.717, 1.165) is 9.79 Å². The lowest BCUT2D eigenvalue weighted by Crippen LogP contribution is -2.13. The molecule has 0 aliphatic carbocycles. The predicted molar refractivity (Wildman–Crippen MR) is 106 cm³/mol. The predicted octanol–water partition coefficient (Wildman–Crippen LogP) is 5.30. The Hall–Kier alpha value is -2.15. The van der Waals surface area contributed by atoms with Crippen molar-refractivity contribution in [2.45, 2.75) is 14.7 Å². The first-order valence-electron chi connectivity index (χ1n) is 7.68. The summed E-state index contributed by atoms with van der Waals surface area (Å²) in [7, 11) is -2.30. The molecule has 1 N–H and O–H groups in total. The molecular weight excluding hydrogens is 390 g/mol. The van der Waals surface area contributed by atoms with Crippen LogP contribution in [0.2, 0.25) is 5.02 Å². The quantitative estimate of drug-likeness (QED) is 0.604. The summed E-state index contributed by atoms with van der Waals surface area (Å²) < 4.78 is 33.2. The smallest absolute Gasteiger partial charge is 0.261 e. The van der Waals surface area contributed by atoms with Gasteiger partial charge in [-0.3, -0.25) is 4.72 Å². The van der Waals surface area contributed by atoms with Gasteiger partial charge in [0, 0.05) is 9.79 Å². The molecule has 3 rings (SSSR count). The molecule has 0 aromatic heterocycles. The molecule has 0 spiro atoms. The number of sulfonamides is 1. The molecule has 0 bridgehead atoms. The lowest BCUT2D eigenvalue weighted by Gasteiger charge is -2.13. The van der Waals surface area contributed by atoms with Crippen LogP contribution in [0.15, 0.2) is 87.5 Å². The van der Waals surface area contributed by atoms with Crippen LogP contribution in [0, 0.1) is 0 Å². The molecule has 4 nitrogen and oxygen atoms in total. The topological polar surface area (TPSA) is 55.4 Å². The van der Waals surface area contributed by atoms with E-state index >= 15 is 0 Å². The van der Waals surface area contributed by atoms with Crippen LogP contribution < -0.4 is 9.46 Å². The van der Waals surface area contributed by atoms with E-state index in [1.807, 2.05) is 42.5 Å². The van der Waals surface area contributed by atoms with Crippen LogP contribution in [0.1, 0.15) is 0 Å². The van der Waals surface area contributed by atoms with Gasteiger partial charge in [0.25, 0.3) is 10.0 Å². The second kappa shape index (κ2) is 8.03. The molecule has 0 amide bonds. The highest BCUT2D eigenvalue weighted by molar-refractivity contribution is 7.99. The molecule has 0 radical (unpaired) electrons. The number of methoxy groups -OCH3 is 1. The molecule has 0 heterocycles.